The number of hydrogen-bond donors (Lipinski definition) is 1. The van der Waals surface area contributed by atoms with Gasteiger partial charge in [-0.3, -0.25) is 0 Å². The Morgan fingerprint density at radius 1 is 1.53 bits per heavy atom. The Bertz CT molecular complexity index is 429. The van der Waals surface area contributed by atoms with Gasteiger partial charge in [0.25, 0.3) is 0 Å². The van der Waals surface area contributed by atoms with E-state index in [0.717, 1.165) is 23.1 Å². The number of nitrogens with zero attached hydrogens (tertiary/aromatic N) is 1. The van der Waals surface area contributed by atoms with Gasteiger partial charge in [0.15, 0.2) is 0 Å². The van der Waals surface area contributed by atoms with Gasteiger partial charge >= 0.3 is 5.97 Å². The zero-order valence-corrected chi connectivity index (χ0v) is 11.4. The van der Waals surface area contributed by atoms with E-state index < -0.39 is 5.97 Å². The molecule has 0 radical (unpaired) electrons. The lowest BCUT2D eigenvalue weighted by Crippen LogP contribution is -2.28. The second-order valence-electron chi connectivity index (χ2n) is 4.39. The molecule has 92 valence electrons. The minimum Gasteiger partial charge on any atom is -0.478 e. The fraction of sp³-hybridized carbons (Fsp3) is 0.462. The van der Waals surface area contributed by atoms with Gasteiger partial charge in [0.1, 0.15) is 0 Å². The Kier molecular flexibility index (Phi) is 3.72. The molecule has 1 aliphatic carbocycles. The summed E-state index contributed by atoms with van der Waals surface area (Å²) in [6.07, 6.45) is 3.38. The Balaban J connectivity index is 2.37. The lowest BCUT2D eigenvalue weighted by atomic mass is 10.1. The molecular weight excluding hydrogens is 282 g/mol. The highest BCUT2D eigenvalue weighted by atomic mass is 79.9. The number of anilines is 1. The fourth-order valence-electron chi connectivity index (χ4n) is 2.06. The highest BCUT2D eigenvalue weighted by molar-refractivity contribution is 9.10. The van der Waals surface area contributed by atoms with E-state index in [-0.39, 0.29) is 0 Å². The molecule has 1 N–H and O–H groups in total. The molecule has 0 unspecified atom stereocenters. The molecule has 1 aromatic rings. The molecule has 0 amide bonds. The Hall–Kier alpha value is -1.03. The molecule has 1 fully saturated rings. The lowest BCUT2D eigenvalue weighted by molar-refractivity contribution is 0.0697. The van der Waals surface area contributed by atoms with Gasteiger partial charge in [-0.25, -0.2) is 4.79 Å². The predicted octanol–water partition coefficient (Wildman–Crippen LogP) is 3.53. The second-order valence-corrected chi connectivity index (χ2v) is 5.31. The molecule has 0 saturated heterocycles. The highest BCUT2D eigenvalue weighted by Gasteiger charge is 2.30. The Labute approximate surface area is 110 Å². The third kappa shape index (κ3) is 2.80. The molecule has 1 aliphatic rings. The van der Waals surface area contributed by atoms with E-state index in [0.29, 0.717) is 11.6 Å². The summed E-state index contributed by atoms with van der Waals surface area (Å²) in [5.41, 5.74) is 1.24. The van der Waals surface area contributed by atoms with Gasteiger partial charge in [0.05, 0.1) is 11.3 Å². The van der Waals surface area contributed by atoms with Crippen molar-refractivity contribution in [3.8, 4) is 0 Å². The van der Waals surface area contributed by atoms with Crippen molar-refractivity contribution in [2.45, 2.75) is 32.2 Å². The highest BCUT2D eigenvalue weighted by Crippen LogP contribution is 2.34. The molecule has 1 aromatic carbocycles. The summed E-state index contributed by atoms with van der Waals surface area (Å²) < 4.78 is 0.811. The average Bonchev–Trinajstić information content (AvgIpc) is 3.10. The first-order valence-corrected chi connectivity index (χ1v) is 6.72. The van der Waals surface area contributed by atoms with E-state index >= 15 is 0 Å². The summed E-state index contributed by atoms with van der Waals surface area (Å²) in [6, 6.07) is 6.03. The summed E-state index contributed by atoms with van der Waals surface area (Å²) >= 11 is 3.32. The third-order valence-corrected chi connectivity index (χ3v) is 3.44. The van der Waals surface area contributed by atoms with Crippen LogP contribution in [-0.4, -0.2) is 23.7 Å². The maximum Gasteiger partial charge on any atom is 0.337 e. The van der Waals surface area contributed by atoms with Crippen molar-refractivity contribution in [2.75, 3.05) is 11.4 Å². The summed E-state index contributed by atoms with van der Waals surface area (Å²) in [7, 11) is 0. The van der Waals surface area contributed by atoms with E-state index in [1.165, 1.54) is 12.8 Å². The van der Waals surface area contributed by atoms with Gasteiger partial charge in [-0.15, -0.1) is 0 Å². The van der Waals surface area contributed by atoms with Crippen LogP contribution in [0.2, 0.25) is 0 Å². The number of carboxylic acid groups (broad SMARTS) is 1. The van der Waals surface area contributed by atoms with Crippen molar-refractivity contribution < 1.29 is 9.90 Å². The molecule has 0 aromatic heterocycles. The van der Waals surface area contributed by atoms with Crippen molar-refractivity contribution in [1.29, 1.82) is 0 Å². The number of rotatable bonds is 5. The van der Waals surface area contributed by atoms with E-state index in [1.807, 2.05) is 12.1 Å². The molecule has 0 bridgehead atoms. The van der Waals surface area contributed by atoms with Gasteiger partial charge in [0.2, 0.25) is 0 Å². The molecule has 0 heterocycles. The number of halogens is 1. The standard InChI is InChI=1S/C13H16BrNO2/c1-2-7-15(10-4-5-10)12-6-3-9(14)8-11(12)13(16)17/h3,6,8,10H,2,4-5,7H2,1H3,(H,16,17). The van der Waals surface area contributed by atoms with E-state index in [2.05, 4.69) is 27.8 Å². The van der Waals surface area contributed by atoms with Crippen LogP contribution in [0.25, 0.3) is 0 Å². The van der Waals surface area contributed by atoms with Crippen molar-refractivity contribution in [2.24, 2.45) is 0 Å². The topological polar surface area (TPSA) is 40.5 Å². The van der Waals surface area contributed by atoms with Crippen LogP contribution in [0.15, 0.2) is 22.7 Å². The SMILES string of the molecule is CCCN(c1ccc(Br)cc1C(=O)O)C1CC1. The minimum absolute atomic E-state index is 0.389. The first-order chi connectivity index (χ1) is 8.13. The number of benzene rings is 1. The molecule has 17 heavy (non-hydrogen) atoms. The van der Waals surface area contributed by atoms with Crippen LogP contribution in [0, 0.1) is 0 Å². The molecule has 0 aliphatic heterocycles. The van der Waals surface area contributed by atoms with Gasteiger partial charge in [-0.1, -0.05) is 22.9 Å². The van der Waals surface area contributed by atoms with E-state index in [9.17, 15) is 9.90 Å². The zero-order valence-electron chi connectivity index (χ0n) is 9.82. The van der Waals surface area contributed by atoms with Crippen LogP contribution in [0.5, 0.6) is 0 Å². The smallest absolute Gasteiger partial charge is 0.337 e. The van der Waals surface area contributed by atoms with E-state index in [1.54, 1.807) is 6.07 Å². The number of carboxylic acids is 1. The Morgan fingerprint density at radius 3 is 2.76 bits per heavy atom. The maximum atomic E-state index is 11.3. The third-order valence-electron chi connectivity index (χ3n) is 2.95. The molecule has 1 saturated carbocycles. The minimum atomic E-state index is -0.858. The van der Waals surface area contributed by atoms with Crippen LogP contribution in [0.4, 0.5) is 5.69 Å². The number of hydrogen-bond acceptors (Lipinski definition) is 2. The normalized spacial score (nSPS) is 14.7. The molecule has 3 nitrogen and oxygen atoms in total. The summed E-state index contributed by atoms with van der Waals surface area (Å²) in [4.78, 5) is 13.5. The fourth-order valence-corrected chi connectivity index (χ4v) is 2.42. The zero-order chi connectivity index (χ0) is 12.4. The lowest BCUT2D eigenvalue weighted by Gasteiger charge is -2.25. The largest absolute Gasteiger partial charge is 0.478 e. The van der Waals surface area contributed by atoms with Crippen molar-refractivity contribution in [3.63, 3.8) is 0 Å². The van der Waals surface area contributed by atoms with Crippen LogP contribution >= 0.6 is 15.9 Å². The first kappa shape index (κ1) is 12.4. The second kappa shape index (κ2) is 5.08. The Morgan fingerprint density at radius 2 is 2.24 bits per heavy atom. The molecule has 4 heteroatoms. The predicted molar refractivity (Wildman–Crippen MR) is 71.8 cm³/mol. The van der Waals surface area contributed by atoms with E-state index in [4.69, 9.17) is 0 Å². The van der Waals surface area contributed by atoms with Gasteiger partial charge in [-0.2, -0.15) is 0 Å². The first-order valence-electron chi connectivity index (χ1n) is 5.93. The van der Waals surface area contributed by atoms with Crippen LogP contribution in [-0.2, 0) is 0 Å². The van der Waals surface area contributed by atoms with Crippen LogP contribution in [0.1, 0.15) is 36.5 Å². The number of aromatic carboxylic acids is 1. The monoisotopic (exact) mass is 297 g/mol. The average molecular weight is 298 g/mol. The summed E-state index contributed by atoms with van der Waals surface area (Å²) in [6.45, 7) is 3.04. The van der Waals surface area contributed by atoms with Crippen molar-refractivity contribution >= 4 is 27.6 Å². The van der Waals surface area contributed by atoms with Gasteiger partial charge < -0.3 is 10.0 Å². The van der Waals surface area contributed by atoms with Gasteiger partial charge in [-0.05, 0) is 37.5 Å². The maximum absolute atomic E-state index is 11.3. The van der Waals surface area contributed by atoms with Crippen LogP contribution in [0.3, 0.4) is 0 Å². The summed E-state index contributed by atoms with van der Waals surface area (Å²) in [5.74, 6) is -0.858. The van der Waals surface area contributed by atoms with Crippen LogP contribution < -0.4 is 4.90 Å². The van der Waals surface area contributed by atoms with Gasteiger partial charge in [0, 0.05) is 17.1 Å². The number of carbonyl (C=O) groups is 1. The van der Waals surface area contributed by atoms with Crippen molar-refractivity contribution in [3.05, 3.63) is 28.2 Å². The molecule has 0 atom stereocenters. The quantitative estimate of drug-likeness (QED) is 0.904. The summed E-state index contributed by atoms with van der Waals surface area (Å²) in [5, 5.41) is 9.26. The molecule has 2 rings (SSSR count). The molecule has 0 spiro atoms. The van der Waals surface area contributed by atoms with Crippen molar-refractivity contribution in [1.82, 2.24) is 0 Å². The molecular formula is C13H16BrNO2.